The van der Waals surface area contributed by atoms with Gasteiger partial charge in [0, 0.05) is 22.8 Å². The Morgan fingerprint density at radius 2 is 1.04 bits per heavy atom. The lowest BCUT2D eigenvalue weighted by atomic mass is 9.67. The molecule has 3 nitrogen and oxygen atoms in total. The van der Waals surface area contributed by atoms with Crippen molar-refractivity contribution >= 4 is 21.9 Å². The van der Waals surface area contributed by atoms with Gasteiger partial charge in [-0.2, -0.15) is 0 Å². The van der Waals surface area contributed by atoms with Crippen molar-refractivity contribution in [2.75, 3.05) is 0 Å². The number of imidazole rings is 1. The maximum atomic E-state index is 5.10. The average molecular weight is 714 g/mol. The van der Waals surface area contributed by atoms with Gasteiger partial charge in [0.15, 0.2) is 0 Å². The van der Waals surface area contributed by atoms with Crippen LogP contribution in [0.25, 0.3) is 72.4 Å². The van der Waals surface area contributed by atoms with Crippen LogP contribution in [0.15, 0.2) is 212 Å². The molecule has 262 valence electrons. The molecule has 0 spiro atoms. The van der Waals surface area contributed by atoms with Gasteiger partial charge in [-0.05, 0) is 104 Å². The summed E-state index contributed by atoms with van der Waals surface area (Å²) in [4.78, 5) is 9.89. The SMILES string of the molecule is c1ccc(-c2nc3ccccc3n2-c2ccc(-c3cc4c(cc3-c3cccc5ncccc35)C(c3ccccc3)(c3ccccc3)c3ccccc3-4)cc2)cc1. The summed E-state index contributed by atoms with van der Waals surface area (Å²) < 4.78 is 2.28. The number of nitrogens with zero attached hydrogens (tertiary/aromatic N) is 3. The minimum atomic E-state index is -0.509. The van der Waals surface area contributed by atoms with E-state index in [1.54, 1.807) is 0 Å². The van der Waals surface area contributed by atoms with E-state index < -0.39 is 5.41 Å². The number of hydrogen-bond acceptors (Lipinski definition) is 2. The van der Waals surface area contributed by atoms with Crippen LogP contribution in [0.5, 0.6) is 0 Å². The van der Waals surface area contributed by atoms with E-state index in [2.05, 4.69) is 199 Å². The molecule has 3 heteroatoms. The first-order valence-electron chi connectivity index (χ1n) is 19.2. The van der Waals surface area contributed by atoms with Crippen molar-refractivity contribution in [1.29, 1.82) is 0 Å². The van der Waals surface area contributed by atoms with E-state index in [0.717, 1.165) is 50.1 Å². The number of rotatable bonds is 6. The summed E-state index contributed by atoms with van der Waals surface area (Å²) in [7, 11) is 0. The lowest BCUT2D eigenvalue weighted by Crippen LogP contribution is -2.28. The van der Waals surface area contributed by atoms with Crippen molar-refractivity contribution in [3.8, 4) is 50.5 Å². The van der Waals surface area contributed by atoms with Crippen molar-refractivity contribution in [2.24, 2.45) is 0 Å². The summed E-state index contributed by atoms with van der Waals surface area (Å²) in [5.41, 5.74) is 16.9. The van der Waals surface area contributed by atoms with Gasteiger partial charge in [0.1, 0.15) is 5.82 Å². The minimum Gasteiger partial charge on any atom is -0.292 e. The van der Waals surface area contributed by atoms with Crippen LogP contribution in [-0.2, 0) is 5.41 Å². The van der Waals surface area contributed by atoms with Gasteiger partial charge in [0.05, 0.1) is 22.0 Å². The van der Waals surface area contributed by atoms with Crippen LogP contribution in [0, 0.1) is 0 Å². The predicted molar refractivity (Wildman–Crippen MR) is 230 cm³/mol. The van der Waals surface area contributed by atoms with Gasteiger partial charge >= 0.3 is 0 Å². The maximum absolute atomic E-state index is 5.10. The number of aromatic nitrogens is 3. The number of para-hydroxylation sites is 2. The first kappa shape index (κ1) is 32.1. The number of benzene rings is 8. The molecule has 0 saturated carbocycles. The Morgan fingerprint density at radius 3 is 1.80 bits per heavy atom. The zero-order chi connectivity index (χ0) is 37.1. The van der Waals surface area contributed by atoms with E-state index >= 15 is 0 Å². The molecule has 0 atom stereocenters. The molecule has 0 radical (unpaired) electrons. The molecule has 2 aromatic heterocycles. The fourth-order valence-electron chi connectivity index (χ4n) is 9.15. The summed E-state index contributed by atoms with van der Waals surface area (Å²) in [5.74, 6) is 0.927. The van der Waals surface area contributed by atoms with Crippen molar-refractivity contribution in [1.82, 2.24) is 14.5 Å². The second-order valence-corrected chi connectivity index (χ2v) is 14.5. The van der Waals surface area contributed by atoms with Crippen molar-refractivity contribution in [2.45, 2.75) is 5.41 Å². The molecular formula is C53H35N3. The number of pyridine rings is 1. The third-order valence-electron chi connectivity index (χ3n) is 11.6. The highest BCUT2D eigenvalue weighted by Crippen LogP contribution is 2.58. The lowest BCUT2D eigenvalue weighted by molar-refractivity contribution is 0.769. The van der Waals surface area contributed by atoms with Gasteiger partial charge in [-0.25, -0.2) is 4.98 Å². The van der Waals surface area contributed by atoms with Crippen molar-refractivity contribution in [3.05, 3.63) is 235 Å². The van der Waals surface area contributed by atoms with Gasteiger partial charge in [-0.15, -0.1) is 0 Å². The van der Waals surface area contributed by atoms with Crippen LogP contribution < -0.4 is 0 Å². The van der Waals surface area contributed by atoms with Gasteiger partial charge < -0.3 is 0 Å². The third kappa shape index (κ3) is 4.84. The molecule has 0 fully saturated rings. The Hall–Kier alpha value is -7.36. The first-order chi connectivity index (χ1) is 27.8. The Kier molecular flexibility index (Phi) is 7.39. The molecule has 0 aliphatic heterocycles. The second kappa shape index (κ2) is 12.9. The molecule has 1 aliphatic rings. The zero-order valence-corrected chi connectivity index (χ0v) is 30.5. The van der Waals surface area contributed by atoms with Crippen LogP contribution in [-0.4, -0.2) is 14.5 Å². The Morgan fingerprint density at radius 1 is 0.393 bits per heavy atom. The third-order valence-corrected chi connectivity index (χ3v) is 11.6. The topological polar surface area (TPSA) is 30.7 Å². The van der Waals surface area contributed by atoms with Gasteiger partial charge in [0.25, 0.3) is 0 Å². The number of fused-ring (bicyclic) bond motifs is 5. The molecule has 8 aromatic carbocycles. The largest absolute Gasteiger partial charge is 0.292 e. The van der Waals surface area contributed by atoms with Crippen molar-refractivity contribution in [3.63, 3.8) is 0 Å². The molecule has 0 amide bonds. The Labute approximate surface area is 325 Å². The van der Waals surface area contributed by atoms with Crippen LogP contribution in [0.1, 0.15) is 22.3 Å². The highest BCUT2D eigenvalue weighted by molar-refractivity contribution is 6.02. The predicted octanol–water partition coefficient (Wildman–Crippen LogP) is 12.9. The summed E-state index contributed by atoms with van der Waals surface area (Å²) in [6.45, 7) is 0. The van der Waals surface area contributed by atoms with E-state index in [1.165, 1.54) is 44.5 Å². The standard InChI is InChI=1S/C53H35N3/c1-4-16-37(17-5-1)52-55-50-26-12-13-28-51(50)56(52)40-31-29-36(30-32-40)44-34-46-42-22-10-11-25-47(42)53(38-18-6-2-7-19-38,39-20-8-3-9-21-39)48(46)35-45(44)41-23-14-27-49-43(41)24-15-33-54-49/h1-35H. The molecule has 11 rings (SSSR count). The average Bonchev–Trinajstić information content (AvgIpc) is 3.81. The minimum absolute atomic E-state index is 0.509. The molecule has 0 saturated heterocycles. The van der Waals surface area contributed by atoms with Crippen LogP contribution in [0.2, 0.25) is 0 Å². The van der Waals surface area contributed by atoms with Crippen LogP contribution in [0.3, 0.4) is 0 Å². The van der Waals surface area contributed by atoms with Crippen LogP contribution in [0.4, 0.5) is 0 Å². The monoisotopic (exact) mass is 713 g/mol. The summed E-state index contributed by atoms with van der Waals surface area (Å²) in [6, 6.07) is 74.6. The van der Waals surface area contributed by atoms with Gasteiger partial charge in [-0.3, -0.25) is 9.55 Å². The number of hydrogen-bond donors (Lipinski definition) is 0. The maximum Gasteiger partial charge on any atom is 0.145 e. The molecule has 2 heterocycles. The Bertz CT molecular complexity index is 3010. The summed E-state index contributed by atoms with van der Waals surface area (Å²) in [5, 5.41) is 1.13. The van der Waals surface area contributed by atoms with Crippen LogP contribution >= 0.6 is 0 Å². The smallest absolute Gasteiger partial charge is 0.145 e. The fraction of sp³-hybridized carbons (Fsp3) is 0.0189. The van der Waals surface area contributed by atoms with E-state index in [-0.39, 0.29) is 0 Å². The van der Waals surface area contributed by atoms with E-state index in [1.807, 2.05) is 18.3 Å². The van der Waals surface area contributed by atoms with E-state index in [4.69, 9.17) is 9.97 Å². The van der Waals surface area contributed by atoms with E-state index in [9.17, 15) is 0 Å². The summed E-state index contributed by atoms with van der Waals surface area (Å²) >= 11 is 0. The molecule has 0 unspecified atom stereocenters. The first-order valence-corrected chi connectivity index (χ1v) is 19.2. The Balaban J connectivity index is 1.18. The fourth-order valence-corrected chi connectivity index (χ4v) is 9.15. The lowest BCUT2D eigenvalue weighted by Gasteiger charge is -2.34. The molecule has 0 bridgehead atoms. The molecule has 1 aliphatic carbocycles. The molecule has 0 N–H and O–H groups in total. The molecule has 10 aromatic rings. The van der Waals surface area contributed by atoms with Gasteiger partial charge in [-0.1, -0.05) is 158 Å². The zero-order valence-electron chi connectivity index (χ0n) is 30.5. The highest BCUT2D eigenvalue weighted by Gasteiger charge is 2.46. The van der Waals surface area contributed by atoms with Gasteiger partial charge in [0.2, 0.25) is 0 Å². The molecular weight excluding hydrogens is 679 g/mol. The highest BCUT2D eigenvalue weighted by atomic mass is 15.1. The second-order valence-electron chi connectivity index (χ2n) is 14.5. The van der Waals surface area contributed by atoms with E-state index in [0.29, 0.717) is 0 Å². The quantitative estimate of drug-likeness (QED) is 0.172. The van der Waals surface area contributed by atoms with Crippen molar-refractivity contribution < 1.29 is 0 Å². The normalized spacial score (nSPS) is 12.8. The summed E-state index contributed by atoms with van der Waals surface area (Å²) in [6.07, 6.45) is 1.88. The molecule has 56 heavy (non-hydrogen) atoms.